The van der Waals surface area contributed by atoms with Crippen LogP contribution in [0.5, 0.6) is 5.75 Å². The zero-order valence-electron chi connectivity index (χ0n) is 14.8. The highest BCUT2D eigenvalue weighted by atomic mass is 16.5. The van der Waals surface area contributed by atoms with Crippen LogP contribution in [0.1, 0.15) is 34.3 Å². The van der Waals surface area contributed by atoms with Gasteiger partial charge in [-0.3, -0.25) is 4.79 Å². The Labute approximate surface area is 149 Å². The van der Waals surface area contributed by atoms with Crippen molar-refractivity contribution in [3.8, 4) is 5.75 Å². The first-order valence-corrected chi connectivity index (χ1v) is 8.76. The average Bonchev–Trinajstić information content (AvgIpc) is 3.46. The van der Waals surface area contributed by atoms with E-state index in [1.807, 2.05) is 49.4 Å². The Morgan fingerprint density at radius 1 is 1.20 bits per heavy atom. The monoisotopic (exact) mass is 339 g/mol. The molecule has 25 heavy (non-hydrogen) atoms. The molecule has 3 rings (SSSR count). The molecular formula is C21H25NO3. The molecule has 1 saturated carbocycles. The van der Waals surface area contributed by atoms with Crippen LogP contribution in [0.4, 0.5) is 0 Å². The number of hydrogen-bond donors (Lipinski definition) is 1. The van der Waals surface area contributed by atoms with Crippen LogP contribution in [-0.4, -0.2) is 35.6 Å². The van der Waals surface area contributed by atoms with Gasteiger partial charge in [-0.25, -0.2) is 0 Å². The van der Waals surface area contributed by atoms with Crippen LogP contribution in [0.25, 0.3) is 0 Å². The van der Waals surface area contributed by atoms with Crippen molar-refractivity contribution >= 4 is 5.91 Å². The highest BCUT2D eigenvalue weighted by molar-refractivity contribution is 5.96. The van der Waals surface area contributed by atoms with Crippen LogP contribution in [-0.2, 0) is 6.61 Å². The van der Waals surface area contributed by atoms with Crippen molar-refractivity contribution < 1.29 is 14.6 Å². The van der Waals surface area contributed by atoms with Crippen molar-refractivity contribution in [2.24, 2.45) is 5.92 Å². The predicted molar refractivity (Wildman–Crippen MR) is 97.6 cm³/mol. The second-order valence-corrected chi connectivity index (χ2v) is 6.80. The first kappa shape index (κ1) is 17.5. The third-order valence-electron chi connectivity index (χ3n) is 4.74. The summed E-state index contributed by atoms with van der Waals surface area (Å²) in [4.78, 5) is 14.3. The van der Waals surface area contributed by atoms with Gasteiger partial charge in [0.05, 0.1) is 11.7 Å². The van der Waals surface area contributed by atoms with Crippen molar-refractivity contribution in [1.29, 1.82) is 0 Å². The molecule has 0 saturated heterocycles. The van der Waals surface area contributed by atoms with Crippen molar-refractivity contribution in [1.82, 2.24) is 4.90 Å². The van der Waals surface area contributed by atoms with Gasteiger partial charge in [0.25, 0.3) is 5.91 Å². The first-order chi connectivity index (χ1) is 12.1. The summed E-state index contributed by atoms with van der Waals surface area (Å²) in [6, 6.07) is 15.3. The van der Waals surface area contributed by atoms with Crippen LogP contribution < -0.4 is 4.74 Å². The fourth-order valence-corrected chi connectivity index (χ4v) is 2.90. The molecule has 4 heteroatoms. The molecule has 2 aromatic rings. The van der Waals surface area contributed by atoms with Crippen molar-refractivity contribution in [2.45, 2.75) is 32.5 Å². The quantitative estimate of drug-likeness (QED) is 0.841. The Kier molecular flexibility index (Phi) is 5.39. The van der Waals surface area contributed by atoms with E-state index in [0.29, 0.717) is 30.4 Å². The minimum absolute atomic E-state index is 0.125. The molecule has 0 aromatic heterocycles. The van der Waals surface area contributed by atoms with Crippen molar-refractivity contribution in [3.05, 3.63) is 65.2 Å². The second kappa shape index (κ2) is 7.70. The molecule has 1 aliphatic carbocycles. The van der Waals surface area contributed by atoms with Crippen LogP contribution in [0.2, 0.25) is 0 Å². The summed E-state index contributed by atoms with van der Waals surface area (Å²) in [6.45, 7) is 2.82. The summed E-state index contributed by atoms with van der Waals surface area (Å²) in [5, 5.41) is 10.1. The van der Waals surface area contributed by atoms with Gasteiger partial charge in [0.1, 0.15) is 12.4 Å². The molecule has 1 aliphatic rings. The molecule has 1 atom stereocenters. The van der Waals surface area contributed by atoms with Gasteiger partial charge >= 0.3 is 0 Å². The Morgan fingerprint density at radius 3 is 2.60 bits per heavy atom. The fourth-order valence-electron chi connectivity index (χ4n) is 2.90. The number of para-hydroxylation sites is 1. The number of aliphatic hydroxyl groups is 1. The van der Waals surface area contributed by atoms with Gasteiger partial charge < -0.3 is 14.7 Å². The lowest BCUT2D eigenvalue weighted by Gasteiger charge is -2.22. The van der Waals surface area contributed by atoms with E-state index in [0.717, 1.165) is 24.0 Å². The standard InChI is InChI=1S/C21H25NO3/c1-15-7-3-4-8-17(15)14-25-20-10-6-5-9-18(20)21(24)22(2)13-19(23)16-11-12-16/h3-10,16,19,23H,11-14H2,1-2H3. The number of hydrogen-bond acceptors (Lipinski definition) is 3. The molecule has 1 unspecified atom stereocenters. The molecule has 1 amide bonds. The number of rotatable bonds is 7. The van der Waals surface area contributed by atoms with E-state index in [1.54, 1.807) is 18.0 Å². The number of likely N-dealkylation sites (N-methyl/N-ethyl adjacent to an activating group) is 1. The molecule has 1 N–H and O–H groups in total. The maximum absolute atomic E-state index is 12.8. The average molecular weight is 339 g/mol. The van der Waals surface area contributed by atoms with E-state index in [2.05, 4.69) is 0 Å². The van der Waals surface area contributed by atoms with Gasteiger partial charge in [-0.1, -0.05) is 36.4 Å². The molecule has 0 radical (unpaired) electrons. The Bertz CT molecular complexity index is 739. The van der Waals surface area contributed by atoms with Gasteiger partial charge in [-0.05, 0) is 48.9 Å². The van der Waals surface area contributed by atoms with Crippen molar-refractivity contribution in [2.75, 3.05) is 13.6 Å². The van der Waals surface area contributed by atoms with Crippen LogP contribution in [0.3, 0.4) is 0 Å². The lowest BCUT2D eigenvalue weighted by molar-refractivity contribution is 0.0641. The molecule has 0 bridgehead atoms. The van der Waals surface area contributed by atoms with Crippen molar-refractivity contribution in [3.63, 3.8) is 0 Å². The molecule has 132 valence electrons. The van der Waals surface area contributed by atoms with E-state index < -0.39 is 6.10 Å². The minimum Gasteiger partial charge on any atom is -0.488 e. The number of carbonyl (C=O) groups excluding carboxylic acids is 1. The van der Waals surface area contributed by atoms with Crippen LogP contribution >= 0.6 is 0 Å². The Hall–Kier alpha value is -2.33. The fraction of sp³-hybridized carbons (Fsp3) is 0.381. The highest BCUT2D eigenvalue weighted by Gasteiger charge is 2.31. The number of nitrogens with zero attached hydrogens (tertiary/aromatic N) is 1. The normalized spacial score (nSPS) is 14.8. The van der Waals surface area contributed by atoms with Crippen LogP contribution in [0, 0.1) is 12.8 Å². The largest absolute Gasteiger partial charge is 0.488 e. The Morgan fingerprint density at radius 2 is 1.88 bits per heavy atom. The number of amides is 1. The highest BCUT2D eigenvalue weighted by Crippen LogP contribution is 2.33. The third kappa shape index (κ3) is 4.40. The van der Waals surface area contributed by atoms with Gasteiger partial charge in [0, 0.05) is 13.6 Å². The lowest BCUT2D eigenvalue weighted by atomic mass is 10.1. The number of benzene rings is 2. The molecule has 4 nitrogen and oxygen atoms in total. The van der Waals surface area contributed by atoms with Gasteiger partial charge in [-0.2, -0.15) is 0 Å². The zero-order chi connectivity index (χ0) is 17.8. The van der Waals surface area contributed by atoms with Gasteiger partial charge in [0.15, 0.2) is 0 Å². The SMILES string of the molecule is Cc1ccccc1COc1ccccc1C(=O)N(C)CC(O)C1CC1. The smallest absolute Gasteiger partial charge is 0.257 e. The number of aliphatic hydroxyl groups excluding tert-OH is 1. The van der Waals surface area contributed by atoms with Crippen LogP contribution in [0.15, 0.2) is 48.5 Å². The topological polar surface area (TPSA) is 49.8 Å². The molecular weight excluding hydrogens is 314 g/mol. The van der Waals surface area contributed by atoms with E-state index in [4.69, 9.17) is 4.74 Å². The summed E-state index contributed by atoms with van der Waals surface area (Å²) in [6.07, 6.45) is 1.67. The zero-order valence-corrected chi connectivity index (χ0v) is 14.8. The maximum Gasteiger partial charge on any atom is 0.257 e. The summed E-state index contributed by atoms with van der Waals surface area (Å²) >= 11 is 0. The summed E-state index contributed by atoms with van der Waals surface area (Å²) in [7, 11) is 1.73. The molecule has 1 fully saturated rings. The van der Waals surface area contributed by atoms with Gasteiger partial charge in [-0.15, -0.1) is 0 Å². The summed E-state index contributed by atoms with van der Waals surface area (Å²) in [5.74, 6) is 0.798. The maximum atomic E-state index is 12.8. The number of ether oxygens (including phenoxy) is 1. The van der Waals surface area contributed by atoms with E-state index in [9.17, 15) is 9.90 Å². The van der Waals surface area contributed by atoms with Gasteiger partial charge in [0.2, 0.25) is 0 Å². The molecule has 0 spiro atoms. The second-order valence-electron chi connectivity index (χ2n) is 6.80. The molecule has 0 heterocycles. The molecule has 2 aromatic carbocycles. The predicted octanol–water partition coefficient (Wildman–Crippen LogP) is 3.42. The Balaban J connectivity index is 1.69. The summed E-state index contributed by atoms with van der Waals surface area (Å²) < 4.78 is 5.93. The summed E-state index contributed by atoms with van der Waals surface area (Å²) in [5.41, 5.74) is 2.79. The van der Waals surface area contributed by atoms with E-state index >= 15 is 0 Å². The lowest BCUT2D eigenvalue weighted by Crippen LogP contribution is -2.35. The number of aryl methyl sites for hydroxylation is 1. The minimum atomic E-state index is -0.436. The van der Waals surface area contributed by atoms with E-state index in [1.165, 1.54) is 0 Å². The molecule has 0 aliphatic heterocycles. The number of carbonyl (C=O) groups is 1. The van der Waals surface area contributed by atoms with E-state index in [-0.39, 0.29) is 5.91 Å². The first-order valence-electron chi connectivity index (χ1n) is 8.76. The third-order valence-corrected chi connectivity index (χ3v) is 4.74.